The molecule has 0 saturated carbocycles. The van der Waals surface area contributed by atoms with Crippen molar-refractivity contribution in [2.75, 3.05) is 11.9 Å². The summed E-state index contributed by atoms with van der Waals surface area (Å²) >= 11 is 0. The highest BCUT2D eigenvalue weighted by atomic mass is 16.6. The standard InChI is InChI=1S/C23H30N4O4/c1-15(25-22(30)31-23(2,3)4)21(29)27-14-6-5-12-18(27)20(28)26-17-11-7-9-16-10-8-13-24-19(16)17/h7-11,13,15,18H,5-6,12,14H2,1-4H3,(H,25,30)(H,26,28)/t15-,18+/m1/s1. The number of rotatable bonds is 4. The fourth-order valence-corrected chi connectivity index (χ4v) is 3.68. The van der Waals surface area contributed by atoms with Gasteiger partial charge in [-0.05, 0) is 59.1 Å². The van der Waals surface area contributed by atoms with Crippen LogP contribution in [0.5, 0.6) is 0 Å². The molecule has 2 aromatic rings. The second-order valence-electron chi connectivity index (χ2n) is 8.78. The van der Waals surface area contributed by atoms with Crippen molar-refractivity contribution in [2.45, 2.75) is 64.6 Å². The Labute approximate surface area is 182 Å². The average Bonchev–Trinajstić information content (AvgIpc) is 2.72. The SMILES string of the molecule is C[C@@H](NC(=O)OC(C)(C)C)C(=O)N1CCCC[C@H]1C(=O)Nc1cccc2cccnc12. The first kappa shape index (κ1) is 22.5. The van der Waals surface area contributed by atoms with E-state index < -0.39 is 23.8 Å². The van der Waals surface area contributed by atoms with Crippen molar-refractivity contribution >= 4 is 34.5 Å². The second-order valence-corrected chi connectivity index (χ2v) is 8.78. The van der Waals surface area contributed by atoms with E-state index >= 15 is 0 Å². The van der Waals surface area contributed by atoms with Gasteiger partial charge in [-0.1, -0.05) is 18.2 Å². The number of benzene rings is 1. The quantitative estimate of drug-likeness (QED) is 0.780. The number of anilines is 1. The molecule has 1 aliphatic heterocycles. The molecule has 1 aliphatic rings. The van der Waals surface area contributed by atoms with Crippen LogP contribution in [0, 0.1) is 0 Å². The number of ether oxygens (including phenoxy) is 1. The Balaban J connectivity index is 1.71. The number of para-hydroxylation sites is 1. The summed E-state index contributed by atoms with van der Waals surface area (Å²) in [5, 5.41) is 6.44. The molecular weight excluding hydrogens is 396 g/mol. The molecule has 166 valence electrons. The number of nitrogens with zero attached hydrogens (tertiary/aromatic N) is 2. The number of aromatic nitrogens is 1. The minimum atomic E-state index is -0.803. The van der Waals surface area contributed by atoms with Crippen molar-refractivity contribution in [2.24, 2.45) is 0 Å². The summed E-state index contributed by atoms with van der Waals surface area (Å²) in [6.45, 7) is 7.33. The first-order chi connectivity index (χ1) is 14.7. The van der Waals surface area contributed by atoms with Crippen LogP contribution in [-0.2, 0) is 14.3 Å². The molecule has 2 N–H and O–H groups in total. The molecule has 3 rings (SSSR count). The van der Waals surface area contributed by atoms with Crippen molar-refractivity contribution in [3.8, 4) is 0 Å². The van der Waals surface area contributed by atoms with Gasteiger partial charge in [0, 0.05) is 18.1 Å². The van der Waals surface area contributed by atoms with Crippen LogP contribution in [0.2, 0.25) is 0 Å². The maximum absolute atomic E-state index is 13.1. The van der Waals surface area contributed by atoms with Gasteiger partial charge in [-0.25, -0.2) is 4.79 Å². The molecule has 0 aliphatic carbocycles. The van der Waals surface area contributed by atoms with Crippen molar-refractivity contribution in [3.63, 3.8) is 0 Å². The predicted octanol–water partition coefficient (Wildman–Crippen LogP) is 3.47. The summed E-state index contributed by atoms with van der Waals surface area (Å²) in [5.74, 6) is -0.558. The molecule has 8 nitrogen and oxygen atoms in total. The monoisotopic (exact) mass is 426 g/mol. The number of hydrogen-bond donors (Lipinski definition) is 2. The zero-order valence-electron chi connectivity index (χ0n) is 18.5. The largest absolute Gasteiger partial charge is 0.444 e. The van der Waals surface area contributed by atoms with E-state index in [0.717, 1.165) is 18.2 Å². The predicted molar refractivity (Wildman–Crippen MR) is 119 cm³/mol. The fourth-order valence-electron chi connectivity index (χ4n) is 3.68. The van der Waals surface area contributed by atoms with E-state index in [1.807, 2.05) is 24.3 Å². The summed E-state index contributed by atoms with van der Waals surface area (Å²) in [6, 6.07) is 7.95. The third-order valence-corrected chi connectivity index (χ3v) is 5.08. The zero-order valence-corrected chi connectivity index (χ0v) is 18.5. The van der Waals surface area contributed by atoms with Crippen molar-refractivity contribution in [1.29, 1.82) is 0 Å². The van der Waals surface area contributed by atoms with Gasteiger partial charge >= 0.3 is 6.09 Å². The van der Waals surface area contributed by atoms with Crippen LogP contribution >= 0.6 is 0 Å². The lowest BCUT2D eigenvalue weighted by Crippen LogP contribution is -2.56. The first-order valence-electron chi connectivity index (χ1n) is 10.6. The third kappa shape index (κ3) is 5.71. The first-order valence-corrected chi connectivity index (χ1v) is 10.6. The molecule has 1 fully saturated rings. The Bertz CT molecular complexity index is 964. The Kier molecular flexibility index (Phi) is 6.77. The van der Waals surface area contributed by atoms with E-state index in [9.17, 15) is 14.4 Å². The highest BCUT2D eigenvalue weighted by Crippen LogP contribution is 2.24. The maximum atomic E-state index is 13.1. The van der Waals surface area contributed by atoms with E-state index in [4.69, 9.17) is 4.74 Å². The van der Waals surface area contributed by atoms with Crippen molar-refractivity contribution in [1.82, 2.24) is 15.2 Å². The lowest BCUT2D eigenvalue weighted by atomic mass is 10.00. The molecule has 1 saturated heterocycles. The van der Waals surface area contributed by atoms with Crippen LogP contribution in [0.25, 0.3) is 10.9 Å². The van der Waals surface area contributed by atoms with Crippen molar-refractivity contribution in [3.05, 3.63) is 36.5 Å². The van der Waals surface area contributed by atoms with Crippen LogP contribution in [0.4, 0.5) is 10.5 Å². The summed E-state index contributed by atoms with van der Waals surface area (Å²) in [6.07, 6.45) is 3.25. The van der Waals surface area contributed by atoms with E-state index in [2.05, 4.69) is 15.6 Å². The number of amides is 3. The Morgan fingerprint density at radius 1 is 1.16 bits per heavy atom. The molecule has 3 amide bonds. The van der Waals surface area contributed by atoms with E-state index in [-0.39, 0.29) is 11.8 Å². The Hall–Kier alpha value is -3.16. The van der Waals surface area contributed by atoms with Gasteiger partial charge in [0.1, 0.15) is 17.7 Å². The smallest absolute Gasteiger partial charge is 0.408 e. The number of fused-ring (bicyclic) bond motifs is 1. The maximum Gasteiger partial charge on any atom is 0.408 e. The normalized spacial score (nSPS) is 17.7. The fraction of sp³-hybridized carbons (Fsp3) is 0.478. The van der Waals surface area contributed by atoms with Gasteiger partial charge in [0.15, 0.2) is 0 Å². The lowest BCUT2D eigenvalue weighted by Gasteiger charge is -2.36. The van der Waals surface area contributed by atoms with Crippen LogP contribution in [0.15, 0.2) is 36.5 Å². The molecule has 31 heavy (non-hydrogen) atoms. The van der Waals surface area contributed by atoms with Gasteiger partial charge in [-0.3, -0.25) is 14.6 Å². The van der Waals surface area contributed by atoms with Gasteiger partial charge in [0.2, 0.25) is 11.8 Å². The summed E-state index contributed by atoms with van der Waals surface area (Å²) in [5.41, 5.74) is 0.653. The highest BCUT2D eigenvalue weighted by Gasteiger charge is 2.35. The zero-order chi connectivity index (χ0) is 22.6. The number of likely N-dealkylation sites (tertiary alicyclic amines) is 1. The number of nitrogens with one attached hydrogen (secondary N) is 2. The van der Waals surface area contributed by atoms with E-state index in [1.54, 1.807) is 44.9 Å². The molecule has 0 bridgehead atoms. The summed E-state index contributed by atoms with van der Waals surface area (Å²) in [7, 11) is 0. The van der Waals surface area contributed by atoms with Crippen LogP contribution < -0.4 is 10.6 Å². The van der Waals surface area contributed by atoms with Crippen LogP contribution in [0.3, 0.4) is 0 Å². The minimum absolute atomic E-state index is 0.254. The van der Waals surface area contributed by atoms with Gasteiger partial charge in [0.25, 0.3) is 0 Å². The Morgan fingerprint density at radius 3 is 2.65 bits per heavy atom. The minimum Gasteiger partial charge on any atom is -0.444 e. The molecule has 0 radical (unpaired) electrons. The number of alkyl carbamates (subject to hydrolysis) is 1. The number of hydrogen-bond acceptors (Lipinski definition) is 5. The second kappa shape index (κ2) is 9.32. The Morgan fingerprint density at radius 2 is 1.90 bits per heavy atom. The summed E-state index contributed by atoms with van der Waals surface area (Å²) < 4.78 is 5.23. The molecule has 2 heterocycles. The number of pyridine rings is 1. The lowest BCUT2D eigenvalue weighted by molar-refractivity contribution is -0.141. The molecule has 8 heteroatoms. The van der Waals surface area contributed by atoms with Crippen LogP contribution in [-0.4, -0.2) is 52.0 Å². The number of piperidine rings is 1. The number of carbonyl (C=O) groups excluding carboxylic acids is 3. The topological polar surface area (TPSA) is 101 Å². The van der Waals surface area contributed by atoms with Crippen molar-refractivity contribution < 1.29 is 19.1 Å². The van der Waals surface area contributed by atoms with Gasteiger partial charge in [0.05, 0.1) is 11.2 Å². The molecule has 0 unspecified atom stereocenters. The average molecular weight is 427 g/mol. The van der Waals surface area contributed by atoms with Crippen LogP contribution in [0.1, 0.15) is 47.0 Å². The highest BCUT2D eigenvalue weighted by molar-refractivity contribution is 6.03. The summed E-state index contributed by atoms with van der Waals surface area (Å²) in [4.78, 5) is 44.1. The van der Waals surface area contributed by atoms with Gasteiger partial charge in [-0.2, -0.15) is 0 Å². The molecule has 2 atom stereocenters. The van der Waals surface area contributed by atoms with E-state index in [0.29, 0.717) is 24.2 Å². The van der Waals surface area contributed by atoms with Gasteiger partial charge in [-0.15, -0.1) is 0 Å². The molecule has 1 aromatic heterocycles. The third-order valence-electron chi connectivity index (χ3n) is 5.08. The molecule has 0 spiro atoms. The van der Waals surface area contributed by atoms with Gasteiger partial charge < -0.3 is 20.3 Å². The number of carbonyl (C=O) groups is 3. The molecule has 1 aromatic carbocycles. The molecular formula is C23H30N4O4. The van der Waals surface area contributed by atoms with E-state index in [1.165, 1.54) is 0 Å².